The first kappa shape index (κ1) is 38.8. The van der Waals surface area contributed by atoms with Crippen LogP contribution in [0.5, 0.6) is 0 Å². The van der Waals surface area contributed by atoms with Crippen LogP contribution in [0, 0.1) is 0 Å². The van der Waals surface area contributed by atoms with Crippen molar-refractivity contribution in [2.24, 2.45) is 0 Å². The SMILES string of the molecule is c1ccc(-c2ccc(-c3ccc(-n4c5ccccc5c5ccc6c7ccccc7n(-c7nc(-c8ccccc8)nc(-c8ccc9c(c8)c8ccccc8n9-c8ccccc8)n7)c6c54)cc3)cc2)cc1. The van der Waals surface area contributed by atoms with Crippen molar-refractivity contribution in [2.45, 2.75) is 0 Å². The highest BCUT2D eigenvalue weighted by molar-refractivity contribution is 6.23. The minimum atomic E-state index is 0.551. The summed E-state index contributed by atoms with van der Waals surface area (Å²) in [7, 11) is 0. The first-order valence-corrected chi connectivity index (χ1v) is 23.4. The van der Waals surface area contributed by atoms with Gasteiger partial charge in [0.25, 0.3) is 0 Å². The van der Waals surface area contributed by atoms with E-state index in [4.69, 9.17) is 15.0 Å². The standard InChI is InChI=1S/C63H40N6/c1-4-16-41(17-5-1)42-28-30-43(31-29-42)44-32-35-48(36-33-44)68-56-26-14-10-22-49(56)52-37-38-53-50-23-11-15-27-57(50)69(60(53)59(52)68)63-65-61(45-18-6-2-7-19-45)64-62(66-63)46-34-39-58-54(40-46)51-24-12-13-25-55(51)67(58)47-20-8-3-9-21-47/h1-40H. The van der Waals surface area contributed by atoms with Crippen molar-refractivity contribution in [3.63, 3.8) is 0 Å². The van der Waals surface area contributed by atoms with Gasteiger partial charge < -0.3 is 9.13 Å². The summed E-state index contributed by atoms with van der Waals surface area (Å²) in [5, 5.41) is 6.88. The van der Waals surface area contributed by atoms with E-state index in [0.717, 1.165) is 82.7 Å². The summed E-state index contributed by atoms with van der Waals surface area (Å²) in [6.07, 6.45) is 0. The van der Waals surface area contributed by atoms with E-state index >= 15 is 0 Å². The molecule has 14 aromatic rings. The molecule has 0 radical (unpaired) electrons. The van der Waals surface area contributed by atoms with Gasteiger partial charge in [0.15, 0.2) is 11.6 Å². The topological polar surface area (TPSA) is 53.5 Å². The van der Waals surface area contributed by atoms with E-state index in [1.165, 1.54) is 27.5 Å². The lowest BCUT2D eigenvalue weighted by Crippen LogP contribution is -2.07. The minimum Gasteiger partial charge on any atom is -0.309 e. The summed E-state index contributed by atoms with van der Waals surface area (Å²) in [5.41, 5.74) is 15.3. The fraction of sp³-hybridized carbons (Fsp3) is 0. The van der Waals surface area contributed by atoms with Crippen LogP contribution in [0.25, 0.3) is 128 Å². The summed E-state index contributed by atoms with van der Waals surface area (Å²) in [4.78, 5) is 16.1. The Labute approximate surface area is 397 Å². The number of nitrogens with zero attached hydrogens (tertiary/aromatic N) is 6. The molecule has 0 saturated carbocycles. The Balaban J connectivity index is 0.996. The van der Waals surface area contributed by atoms with Gasteiger partial charge in [0, 0.05) is 54.8 Å². The first-order valence-electron chi connectivity index (χ1n) is 23.4. The molecule has 0 unspecified atom stereocenters. The zero-order valence-corrected chi connectivity index (χ0v) is 37.3. The van der Waals surface area contributed by atoms with Gasteiger partial charge in [-0.1, -0.05) is 182 Å². The number of hydrogen-bond donors (Lipinski definition) is 0. The third-order valence-corrected chi connectivity index (χ3v) is 13.7. The van der Waals surface area contributed by atoms with Crippen LogP contribution < -0.4 is 0 Å². The fourth-order valence-corrected chi connectivity index (χ4v) is 10.5. The molecule has 322 valence electrons. The molecular formula is C63H40N6. The minimum absolute atomic E-state index is 0.551. The third kappa shape index (κ3) is 6.23. The number of fused-ring (bicyclic) bond motifs is 10. The molecule has 6 nitrogen and oxygen atoms in total. The predicted molar refractivity (Wildman–Crippen MR) is 285 cm³/mol. The third-order valence-electron chi connectivity index (χ3n) is 13.7. The zero-order valence-electron chi connectivity index (χ0n) is 37.3. The van der Waals surface area contributed by atoms with Gasteiger partial charge in [-0.3, -0.25) is 4.57 Å². The lowest BCUT2D eigenvalue weighted by Gasteiger charge is -2.14. The second kappa shape index (κ2) is 15.6. The van der Waals surface area contributed by atoms with Crippen molar-refractivity contribution >= 4 is 65.4 Å². The average Bonchev–Trinajstić information content (AvgIpc) is 4.07. The monoisotopic (exact) mass is 880 g/mol. The van der Waals surface area contributed by atoms with Gasteiger partial charge in [-0.15, -0.1) is 0 Å². The maximum absolute atomic E-state index is 5.48. The molecule has 0 amide bonds. The summed E-state index contributed by atoms with van der Waals surface area (Å²) in [6, 6.07) is 86.3. The summed E-state index contributed by atoms with van der Waals surface area (Å²) in [5.74, 6) is 1.76. The number of aromatic nitrogens is 6. The Morgan fingerprint density at radius 2 is 0.623 bits per heavy atom. The Morgan fingerprint density at radius 1 is 0.232 bits per heavy atom. The number of rotatable bonds is 7. The highest BCUT2D eigenvalue weighted by atomic mass is 15.2. The van der Waals surface area contributed by atoms with E-state index in [9.17, 15) is 0 Å². The van der Waals surface area contributed by atoms with E-state index in [1.807, 2.05) is 18.2 Å². The largest absolute Gasteiger partial charge is 0.309 e. The Morgan fingerprint density at radius 3 is 1.22 bits per heavy atom. The molecule has 0 fully saturated rings. The van der Waals surface area contributed by atoms with Crippen molar-refractivity contribution in [3.05, 3.63) is 243 Å². The van der Waals surface area contributed by atoms with Crippen molar-refractivity contribution < 1.29 is 0 Å². The van der Waals surface area contributed by atoms with Crippen LogP contribution in [0.15, 0.2) is 243 Å². The molecule has 0 aliphatic heterocycles. The number of hydrogen-bond acceptors (Lipinski definition) is 3. The smallest absolute Gasteiger partial charge is 0.238 e. The van der Waals surface area contributed by atoms with E-state index < -0.39 is 0 Å². The van der Waals surface area contributed by atoms with Crippen LogP contribution >= 0.6 is 0 Å². The lowest BCUT2D eigenvalue weighted by molar-refractivity contribution is 0.953. The normalized spacial score (nSPS) is 11.8. The van der Waals surface area contributed by atoms with Crippen LogP contribution in [-0.2, 0) is 0 Å². The number of para-hydroxylation sites is 4. The van der Waals surface area contributed by atoms with Gasteiger partial charge in [-0.05, 0) is 82.9 Å². The maximum atomic E-state index is 5.48. The van der Waals surface area contributed by atoms with E-state index in [2.05, 4.69) is 238 Å². The van der Waals surface area contributed by atoms with Crippen molar-refractivity contribution in [2.75, 3.05) is 0 Å². The fourth-order valence-electron chi connectivity index (χ4n) is 10.5. The molecule has 6 heteroatoms. The molecule has 0 aliphatic carbocycles. The molecular weight excluding hydrogens is 841 g/mol. The second-order valence-electron chi connectivity index (χ2n) is 17.6. The van der Waals surface area contributed by atoms with E-state index in [1.54, 1.807) is 0 Å². The molecule has 10 aromatic carbocycles. The Kier molecular flexibility index (Phi) is 8.79. The summed E-state index contributed by atoms with van der Waals surface area (Å²) < 4.78 is 7.02. The van der Waals surface area contributed by atoms with Crippen molar-refractivity contribution in [3.8, 4) is 62.4 Å². The maximum Gasteiger partial charge on any atom is 0.238 e. The summed E-state index contributed by atoms with van der Waals surface area (Å²) >= 11 is 0. The highest BCUT2D eigenvalue weighted by Crippen LogP contribution is 2.42. The molecule has 69 heavy (non-hydrogen) atoms. The molecule has 0 atom stereocenters. The molecule has 14 rings (SSSR count). The Bertz CT molecular complexity index is 4260. The molecule has 4 aromatic heterocycles. The van der Waals surface area contributed by atoms with Gasteiger partial charge in [0.1, 0.15) is 0 Å². The van der Waals surface area contributed by atoms with Crippen molar-refractivity contribution in [1.82, 2.24) is 28.7 Å². The predicted octanol–water partition coefficient (Wildman–Crippen LogP) is 15.8. The van der Waals surface area contributed by atoms with Gasteiger partial charge in [-0.2, -0.15) is 9.97 Å². The van der Waals surface area contributed by atoms with Gasteiger partial charge >= 0.3 is 0 Å². The number of benzene rings is 10. The quantitative estimate of drug-likeness (QED) is 0.160. The van der Waals surface area contributed by atoms with Crippen LogP contribution in [-0.4, -0.2) is 28.7 Å². The highest BCUT2D eigenvalue weighted by Gasteiger charge is 2.24. The van der Waals surface area contributed by atoms with Crippen LogP contribution in [0.2, 0.25) is 0 Å². The average molecular weight is 881 g/mol. The molecule has 0 bridgehead atoms. The molecule has 0 N–H and O–H groups in total. The molecule has 4 heterocycles. The second-order valence-corrected chi connectivity index (χ2v) is 17.6. The first-order chi connectivity index (χ1) is 34.2. The zero-order chi connectivity index (χ0) is 45.4. The van der Waals surface area contributed by atoms with E-state index in [-0.39, 0.29) is 0 Å². The van der Waals surface area contributed by atoms with Crippen molar-refractivity contribution in [1.29, 1.82) is 0 Å². The molecule has 0 spiro atoms. The lowest BCUT2D eigenvalue weighted by atomic mass is 10.0. The van der Waals surface area contributed by atoms with Gasteiger partial charge in [0.05, 0.1) is 33.1 Å². The van der Waals surface area contributed by atoms with Crippen LogP contribution in [0.1, 0.15) is 0 Å². The molecule has 0 saturated heterocycles. The van der Waals surface area contributed by atoms with Crippen LogP contribution in [0.4, 0.5) is 0 Å². The van der Waals surface area contributed by atoms with Crippen LogP contribution in [0.3, 0.4) is 0 Å². The summed E-state index contributed by atoms with van der Waals surface area (Å²) in [6.45, 7) is 0. The Hall–Kier alpha value is -9.39. The van der Waals surface area contributed by atoms with Gasteiger partial charge in [-0.25, -0.2) is 4.98 Å². The molecule has 0 aliphatic rings. The van der Waals surface area contributed by atoms with E-state index in [0.29, 0.717) is 17.6 Å². The van der Waals surface area contributed by atoms with Gasteiger partial charge in [0.2, 0.25) is 5.95 Å².